The van der Waals surface area contributed by atoms with Gasteiger partial charge in [-0.2, -0.15) is 0 Å². The fourth-order valence-electron chi connectivity index (χ4n) is 2.19. The van der Waals surface area contributed by atoms with Crippen molar-refractivity contribution in [2.24, 2.45) is 0 Å². The topological polar surface area (TPSA) is 31.2 Å². The Kier molecular flexibility index (Phi) is 4.27. The van der Waals surface area contributed by atoms with Gasteiger partial charge in [-0.15, -0.1) is 0 Å². The molecule has 0 saturated heterocycles. The molecule has 3 rings (SSSR count). The van der Waals surface area contributed by atoms with Crippen molar-refractivity contribution in [3.63, 3.8) is 0 Å². The van der Waals surface area contributed by atoms with Crippen molar-refractivity contribution in [2.75, 3.05) is 6.61 Å². The van der Waals surface area contributed by atoms with E-state index in [1.165, 1.54) is 11.3 Å². The van der Waals surface area contributed by atoms with Crippen LogP contribution < -0.4 is 9.61 Å². The number of aromatic nitrogens is 1. The molecule has 0 amide bonds. The van der Waals surface area contributed by atoms with Crippen molar-refractivity contribution in [3.05, 3.63) is 63.2 Å². The summed E-state index contributed by atoms with van der Waals surface area (Å²) in [4.78, 5) is 12.1. The van der Waals surface area contributed by atoms with Crippen LogP contribution in [-0.2, 0) is 6.54 Å². The number of ether oxygens (including phenoxy) is 1. The van der Waals surface area contributed by atoms with E-state index in [9.17, 15) is 4.79 Å². The maximum Gasteiger partial charge on any atom is 0.308 e. The highest BCUT2D eigenvalue weighted by Crippen LogP contribution is 2.23. The van der Waals surface area contributed by atoms with Gasteiger partial charge in [0.2, 0.25) is 0 Å². The minimum atomic E-state index is 0.0777. The van der Waals surface area contributed by atoms with Crippen LogP contribution in [-0.4, -0.2) is 11.2 Å². The predicted molar refractivity (Wildman–Crippen MR) is 87.6 cm³/mol. The number of hydrogen-bond acceptors (Lipinski definition) is 3. The van der Waals surface area contributed by atoms with Crippen LogP contribution >= 0.6 is 22.9 Å². The molecule has 108 valence electrons. The summed E-state index contributed by atoms with van der Waals surface area (Å²) in [5.74, 6) is 0.682. The van der Waals surface area contributed by atoms with Crippen LogP contribution in [0.2, 0.25) is 5.02 Å². The smallest absolute Gasteiger partial charge is 0.308 e. The third-order valence-electron chi connectivity index (χ3n) is 3.19. The number of hydrogen-bond donors (Lipinski definition) is 0. The summed E-state index contributed by atoms with van der Waals surface area (Å²) >= 11 is 7.31. The fraction of sp³-hybridized carbons (Fsp3) is 0.188. The van der Waals surface area contributed by atoms with E-state index in [-0.39, 0.29) is 4.87 Å². The number of rotatable bonds is 5. The maximum atomic E-state index is 12.0. The number of benzene rings is 2. The first-order chi connectivity index (χ1) is 10.3. The monoisotopic (exact) mass is 319 g/mol. The van der Waals surface area contributed by atoms with Crippen molar-refractivity contribution < 1.29 is 4.74 Å². The van der Waals surface area contributed by atoms with E-state index in [2.05, 4.69) is 0 Å². The summed E-state index contributed by atoms with van der Waals surface area (Å²) in [7, 11) is 0. The molecule has 5 heteroatoms. The Hall–Kier alpha value is -1.78. The largest absolute Gasteiger partial charge is 0.492 e. The Bertz CT molecular complexity index is 809. The van der Waals surface area contributed by atoms with Gasteiger partial charge in [-0.3, -0.25) is 9.36 Å². The number of aryl methyl sites for hydroxylation is 1. The van der Waals surface area contributed by atoms with E-state index in [0.717, 1.165) is 16.6 Å². The molecule has 0 spiro atoms. The highest BCUT2D eigenvalue weighted by atomic mass is 35.5. The lowest BCUT2D eigenvalue weighted by atomic mass is 10.3. The van der Waals surface area contributed by atoms with Gasteiger partial charge >= 0.3 is 4.87 Å². The molecule has 0 bridgehead atoms. The molecule has 0 aliphatic heterocycles. The zero-order valence-corrected chi connectivity index (χ0v) is 12.9. The molecular formula is C16H14ClNO2S. The Morgan fingerprint density at radius 1 is 1.10 bits per heavy atom. The average molecular weight is 320 g/mol. The van der Waals surface area contributed by atoms with Crippen LogP contribution in [0.25, 0.3) is 10.2 Å². The fourth-order valence-corrected chi connectivity index (χ4v) is 3.30. The molecule has 0 saturated carbocycles. The van der Waals surface area contributed by atoms with Gasteiger partial charge in [0.15, 0.2) is 0 Å². The molecule has 0 fully saturated rings. The highest BCUT2D eigenvalue weighted by molar-refractivity contribution is 7.16. The number of fused-ring (bicyclic) bond motifs is 1. The standard InChI is InChI=1S/C16H14ClNO2S/c17-12-6-1-3-8-14(12)20-11-5-10-18-13-7-2-4-9-15(13)21-16(18)19/h1-4,6-9H,5,10-11H2. The van der Waals surface area contributed by atoms with E-state index in [4.69, 9.17) is 16.3 Å². The zero-order chi connectivity index (χ0) is 14.7. The first-order valence-electron chi connectivity index (χ1n) is 6.71. The number of para-hydroxylation sites is 2. The second kappa shape index (κ2) is 6.33. The summed E-state index contributed by atoms with van der Waals surface area (Å²) < 4.78 is 8.47. The van der Waals surface area contributed by atoms with Gasteiger partial charge in [-0.05, 0) is 30.7 Å². The predicted octanol–water partition coefficient (Wildman–Crippen LogP) is 4.19. The van der Waals surface area contributed by atoms with Crippen molar-refractivity contribution in [1.29, 1.82) is 0 Å². The van der Waals surface area contributed by atoms with Gasteiger partial charge < -0.3 is 4.74 Å². The van der Waals surface area contributed by atoms with Gasteiger partial charge in [0, 0.05) is 6.54 Å². The minimum absolute atomic E-state index is 0.0777. The van der Waals surface area contributed by atoms with E-state index >= 15 is 0 Å². The molecule has 0 unspecified atom stereocenters. The van der Waals surface area contributed by atoms with Gasteiger partial charge in [0.05, 0.1) is 21.8 Å². The molecule has 1 heterocycles. The summed E-state index contributed by atoms with van der Waals surface area (Å²) in [5, 5.41) is 0.607. The van der Waals surface area contributed by atoms with Gasteiger partial charge in [0.1, 0.15) is 5.75 Å². The van der Waals surface area contributed by atoms with Gasteiger partial charge in [-0.1, -0.05) is 47.2 Å². The van der Waals surface area contributed by atoms with Gasteiger partial charge in [0.25, 0.3) is 0 Å². The van der Waals surface area contributed by atoms with Crippen LogP contribution in [0.5, 0.6) is 5.75 Å². The lowest BCUT2D eigenvalue weighted by Gasteiger charge is -2.08. The maximum absolute atomic E-state index is 12.0. The van der Waals surface area contributed by atoms with Gasteiger partial charge in [-0.25, -0.2) is 0 Å². The number of thiazole rings is 1. The third kappa shape index (κ3) is 3.12. The summed E-state index contributed by atoms with van der Waals surface area (Å²) in [5.41, 5.74) is 0.991. The molecule has 0 atom stereocenters. The lowest BCUT2D eigenvalue weighted by molar-refractivity contribution is 0.302. The molecule has 21 heavy (non-hydrogen) atoms. The summed E-state index contributed by atoms with van der Waals surface area (Å²) in [6.45, 7) is 1.17. The highest BCUT2D eigenvalue weighted by Gasteiger charge is 2.06. The van der Waals surface area contributed by atoms with E-state index in [1.54, 1.807) is 10.6 Å². The first-order valence-corrected chi connectivity index (χ1v) is 7.91. The molecule has 0 aliphatic carbocycles. The van der Waals surface area contributed by atoms with Crippen molar-refractivity contribution in [1.82, 2.24) is 4.57 Å². The van der Waals surface area contributed by atoms with E-state index in [1.807, 2.05) is 42.5 Å². The first kappa shape index (κ1) is 14.2. The van der Waals surface area contributed by atoms with Crippen LogP contribution in [0.15, 0.2) is 53.3 Å². The van der Waals surface area contributed by atoms with E-state index in [0.29, 0.717) is 23.9 Å². The Morgan fingerprint density at radius 3 is 2.71 bits per heavy atom. The second-order valence-electron chi connectivity index (χ2n) is 4.62. The molecule has 0 aliphatic rings. The van der Waals surface area contributed by atoms with Crippen molar-refractivity contribution in [3.8, 4) is 5.75 Å². The number of nitrogens with zero attached hydrogens (tertiary/aromatic N) is 1. The SMILES string of the molecule is O=c1sc2ccccc2n1CCCOc1ccccc1Cl. The molecule has 3 aromatic rings. The Morgan fingerprint density at radius 2 is 1.86 bits per heavy atom. The molecule has 0 radical (unpaired) electrons. The summed E-state index contributed by atoms with van der Waals surface area (Å²) in [6.07, 6.45) is 0.756. The second-order valence-corrected chi connectivity index (χ2v) is 6.02. The number of halogens is 1. The summed E-state index contributed by atoms with van der Waals surface area (Å²) in [6, 6.07) is 15.2. The van der Waals surface area contributed by atoms with Crippen LogP contribution in [0.4, 0.5) is 0 Å². The van der Waals surface area contributed by atoms with Crippen molar-refractivity contribution >= 4 is 33.2 Å². The quantitative estimate of drug-likeness (QED) is 0.660. The average Bonchev–Trinajstić information content (AvgIpc) is 2.81. The van der Waals surface area contributed by atoms with Crippen LogP contribution in [0.3, 0.4) is 0 Å². The minimum Gasteiger partial charge on any atom is -0.492 e. The molecule has 1 aromatic heterocycles. The van der Waals surface area contributed by atoms with Crippen LogP contribution in [0.1, 0.15) is 6.42 Å². The Balaban J connectivity index is 1.64. The Labute approximate surface area is 131 Å². The van der Waals surface area contributed by atoms with Crippen molar-refractivity contribution in [2.45, 2.75) is 13.0 Å². The lowest BCUT2D eigenvalue weighted by Crippen LogP contribution is -2.14. The third-order valence-corrected chi connectivity index (χ3v) is 4.47. The molecular weight excluding hydrogens is 306 g/mol. The molecule has 0 N–H and O–H groups in total. The molecule has 3 nitrogen and oxygen atoms in total. The zero-order valence-electron chi connectivity index (χ0n) is 11.3. The van der Waals surface area contributed by atoms with Crippen LogP contribution in [0, 0.1) is 0 Å². The van der Waals surface area contributed by atoms with E-state index < -0.39 is 0 Å². The molecule has 2 aromatic carbocycles. The normalized spacial score (nSPS) is 10.9.